The molecule has 0 saturated carbocycles. The van der Waals surface area contributed by atoms with Gasteiger partial charge in [0.15, 0.2) is 0 Å². The number of rotatable bonds is 1. The fourth-order valence-electron chi connectivity index (χ4n) is 1.06. The summed E-state index contributed by atoms with van der Waals surface area (Å²) in [5.41, 5.74) is 9.08. The molecular formula is C7H8N4S. The molecule has 0 unspecified atom stereocenters. The molecule has 0 bridgehead atoms. The average Bonchev–Trinajstić information content (AvgIpc) is 2.49. The summed E-state index contributed by atoms with van der Waals surface area (Å²) in [6, 6.07) is 3.72. The Bertz CT molecular complexity index is 409. The first kappa shape index (κ1) is 7.30. The van der Waals surface area contributed by atoms with Crippen molar-refractivity contribution in [3.63, 3.8) is 0 Å². The monoisotopic (exact) mass is 180 g/mol. The van der Waals surface area contributed by atoms with Crippen molar-refractivity contribution in [2.24, 2.45) is 0 Å². The molecular weight excluding hydrogens is 172 g/mol. The predicted octanol–water partition coefficient (Wildman–Crippen LogP) is 1.32. The van der Waals surface area contributed by atoms with Gasteiger partial charge in [0.1, 0.15) is 11.0 Å². The van der Waals surface area contributed by atoms with Crippen LogP contribution in [0.25, 0.3) is 11.0 Å². The van der Waals surface area contributed by atoms with Crippen molar-refractivity contribution in [1.29, 1.82) is 0 Å². The van der Waals surface area contributed by atoms with Gasteiger partial charge in [0, 0.05) is 7.05 Å². The zero-order valence-corrected chi connectivity index (χ0v) is 7.35. The van der Waals surface area contributed by atoms with Crippen molar-refractivity contribution < 1.29 is 0 Å². The molecule has 0 saturated heterocycles. The van der Waals surface area contributed by atoms with Gasteiger partial charge in [-0.1, -0.05) is 0 Å². The lowest BCUT2D eigenvalue weighted by molar-refractivity contribution is 1.51. The van der Waals surface area contributed by atoms with Gasteiger partial charge in [-0.2, -0.15) is 8.75 Å². The molecule has 1 aromatic carbocycles. The Balaban J connectivity index is 2.73. The van der Waals surface area contributed by atoms with Crippen molar-refractivity contribution >= 4 is 34.1 Å². The van der Waals surface area contributed by atoms with Gasteiger partial charge in [-0.25, -0.2) is 0 Å². The Kier molecular flexibility index (Phi) is 1.58. The van der Waals surface area contributed by atoms with E-state index in [9.17, 15) is 0 Å². The Labute approximate surface area is 73.7 Å². The van der Waals surface area contributed by atoms with Crippen LogP contribution in [-0.4, -0.2) is 15.8 Å². The minimum atomic E-state index is 0.706. The molecule has 5 heteroatoms. The minimum absolute atomic E-state index is 0.706. The standard InChI is InChI=1S/C7H8N4S/c1-9-5-3-7-6(2-4(5)8)10-12-11-7/h2-3,9H,8H2,1H3. The highest BCUT2D eigenvalue weighted by atomic mass is 32.1. The van der Waals surface area contributed by atoms with Gasteiger partial charge < -0.3 is 11.1 Å². The van der Waals surface area contributed by atoms with Crippen LogP contribution < -0.4 is 11.1 Å². The second-order valence-corrected chi connectivity index (χ2v) is 2.97. The predicted molar refractivity (Wildman–Crippen MR) is 51.4 cm³/mol. The van der Waals surface area contributed by atoms with Crippen molar-refractivity contribution in [2.75, 3.05) is 18.1 Å². The average molecular weight is 180 g/mol. The molecule has 0 amide bonds. The van der Waals surface area contributed by atoms with Crippen LogP contribution in [0.3, 0.4) is 0 Å². The van der Waals surface area contributed by atoms with E-state index >= 15 is 0 Å². The van der Waals surface area contributed by atoms with Gasteiger partial charge in [-0.3, -0.25) is 0 Å². The van der Waals surface area contributed by atoms with Gasteiger partial charge in [-0.05, 0) is 12.1 Å². The maximum absolute atomic E-state index is 5.73. The Morgan fingerprint density at radius 2 is 2.00 bits per heavy atom. The van der Waals surface area contributed by atoms with Gasteiger partial charge >= 0.3 is 0 Å². The fourth-order valence-corrected chi connectivity index (χ4v) is 1.57. The number of fused-ring (bicyclic) bond motifs is 1. The maximum atomic E-state index is 5.73. The molecule has 0 spiro atoms. The van der Waals surface area contributed by atoms with E-state index in [-0.39, 0.29) is 0 Å². The number of hydrogen-bond donors (Lipinski definition) is 2. The number of nitrogen functional groups attached to an aromatic ring is 1. The zero-order chi connectivity index (χ0) is 8.55. The third kappa shape index (κ3) is 0.984. The van der Waals surface area contributed by atoms with Crippen LogP contribution in [0, 0.1) is 0 Å². The number of benzene rings is 1. The highest BCUT2D eigenvalue weighted by molar-refractivity contribution is 7.00. The van der Waals surface area contributed by atoms with E-state index in [0.29, 0.717) is 5.69 Å². The minimum Gasteiger partial charge on any atom is -0.397 e. The summed E-state index contributed by atoms with van der Waals surface area (Å²) < 4.78 is 8.18. The van der Waals surface area contributed by atoms with Gasteiger partial charge in [0.05, 0.1) is 23.1 Å². The first-order valence-corrected chi connectivity index (χ1v) is 4.24. The summed E-state index contributed by atoms with van der Waals surface area (Å²) in [5.74, 6) is 0. The second-order valence-electron chi connectivity index (χ2n) is 2.44. The van der Waals surface area contributed by atoms with Gasteiger partial charge in [0.25, 0.3) is 0 Å². The summed E-state index contributed by atoms with van der Waals surface area (Å²) >= 11 is 1.20. The lowest BCUT2D eigenvalue weighted by atomic mass is 10.2. The topological polar surface area (TPSA) is 63.8 Å². The molecule has 4 nitrogen and oxygen atoms in total. The van der Waals surface area contributed by atoms with Gasteiger partial charge in [-0.15, -0.1) is 0 Å². The highest BCUT2D eigenvalue weighted by Gasteiger charge is 2.02. The third-order valence-electron chi connectivity index (χ3n) is 1.69. The molecule has 2 rings (SSSR count). The summed E-state index contributed by atoms with van der Waals surface area (Å²) in [5, 5.41) is 2.99. The molecule has 12 heavy (non-hydrogen) atoms. The fraction of sp³-hybridized carbons (Fsp3) is 0.143. The lowest BCUT2D eigenvalue weighted by Crippen LogP contribution is -1.95. The normalized spacial score (nSPS) is 10.4. The summed E-state index contributed by atoms with van der Waals surface area (Å²) in [4.78, 5) is 0. The van der Waals surface area contributed by atoms with E-state index in [2.05, 4.69) is 14.1 Å². The molecule has 0 radical (unpaired) electrons. The summed E-state index contributed by atoms with van der Waals surface area (Å²) in [7, 11) is 1.83. The molecule has 62 valence electrons. The van der Waals surface area contributed by atoms with E-state index < -0.39 is 0 Å². The number of hydrogen-bond acceptors (Lipinski definition) is 5. The molecule has 3 N–H and O–H groups in total. The van der Waals surface area contributed by atoms with E-state index in [0.717, 1.165) is 16.7 Å². The Morgan fingerprint density at radius 1 is 1.33 bits per heavy atom. The molecule has 0 atom stereocenters. The van der Waals surface area contributed by atoms with E-state index in [4.69, 9.17) is 5.73 Å². The second kappa shape index (κ2) is 2.60. The van der Waals surface area contributed by atoms with Crippen molar-refractivity contribution in [3.8, 4) is 0 Å². The Hall–Kier alpha value is -1.36. The number of nitrogens with zero attached hydrogens (tertiary/aromatic N) is 2. The van der Waals surface area contributed by atoms with Crippen LogP contribution in [-0.2, 0) is 0 Å². The number of nitrogens with two attached hydrogens (primary N) is 1. The molecule has 0 aliphatic carbocycles. The first-order chi connectivity index (χ1) is 5.81. The van der Waals surface area contributed by atoms with E-state index in [1.54, 1.807) is 0 Å². The van der Waals surface area contributed by atoms with E-state index in [1.165, 1.54) is 11.7 Å². The SMILES string of the molecule is CNc1cc2nsnc2cc1N. The van der Waals surface area contributed by atoms with Crippen LogP contribution in [0.2, 0.25) is 0 Å². The number of nitrogens with one attached hydrogen (secondary N) is 1. The van der Waals surface area contributed by atoms with Gasteiger partial charge in [0.2, 0.25) is 0 Å². The van der Waals surface area contributed by atoms with E-state index in [1.807, 2.05) is 19.2 Å². The highest BCUT2D eigenvalue weighted by Crippen LogP contribution is 2.23. The molecule has 0 fully saturated rings. The maximum Gasteiger partial charge on any atom is 0.107 e. The summed E-state index contributed by atoms with van der Waals surface area (Å²) in [6.07, 6.45) is 0. The van der Waals surface area contributed by atoms with Crippen LogP contribution in [0.5, 0.6) is 0 Å². The van der Waals surface area contributed by atoms with Crippen molar-refractivity contribution in [2.45, 2.75) is 0 Å². The summed E-state index contributed by atoms with van der Waals surface area (Å²) in [6.45, 7) is 0. The number of anilines is 2. The quantitative estimate of drug-likeness (QED) is 0.649. The number of aromatic nitrogens is 2. The largest absolute Gasteiger partial charge is 0.397 e. The lowest BCUT2D eigenvalue weighted by Gasteiger charge is -2.02. The smallest absolute Gasteiger partial charge is 0.107 e. The molecule has 1 heterocycles. The van der Waals surface area contributed by atoms with Crippen LogP contribution in [0.1, 0.15) is 0 Å². The van der Waals surface area contributed by atoms with Crippen LogP contribution >= 0.6 is 11.7 Å². The van der Waals surface area contributed by atoms with Crippen molar-refractivity contribution in [3.05, 3.63) is 12.1 Å². The molecule has 0 aliphatic heterocycles. The zero-order valence-electron chi connectivity index (χ0n) is 6.53. The van der Waals surface area contributed by atoms with Crippen LogP contribution in [0.15, 0.2) is 12.1 Å². The molecule has 0 aliphatic rings. The first-order valence-electron chi connectivity index (χ1n) is 3.51. The van der Waals surface area contributed by atoms with Crippen LogP contribution in [0.4, 0.5) is 11.4 Å². The Morgan fingerprint density at radius 3 is 2.67 bits per heavy atom. The van der Waals surface area contributed by atoms with Crippen molar-refractivity contribution in [1.82, 2.24) is 8.75 Å². The molecule has 1 aromatic heterocycles. The molecule has 2 aromatic rings. The third-order valence-corrected chi connectivity index (χ3v) is 2.25.